The van der Waals surface area contributed by atoms with Crippen LogP contribution in [0.25, 0.3) is 22.6 Å². The lowest BCUT2D eigenvalue weighted by Crippen LogP contribution is -2.18. The van der Waals surface area contributed by atoms with Gasteiger partial charge in [0.05, 0.1) is 17.1 Å². The third-order valence-corrected chi connectivity index (χ3v) is 5.06. The normalized spacial score (nSPS) is 11.2. The fourth-order valence-corrected chi connectivity index (χ4v) is 3.51. The minimum absolute atomic E-state index is 0.198. The molecule has 6 nitrogen and oxygen atoms in total. The highest BCUT2D eigenvalue weighted by molar-refractivity contribution is 6.30. The Morgan fingerprint density at radius 2 is 1.97 bits per heavy atom. The summed E-state index contributed by atoms with van der Waals surface area (Å²) >= 11 is 6.07. The van der Waals surface area contributed by atoms with Crippen molar-refractivity contribution in [3.05, 3.63) is 112 Å². The largest absolute Gasteiger partial charge is 0.354 e. The zero-order valence-electron chi connectivity index (χ0n) is 17.3. The Kier molecular flexibility index (Phi) is 6.24. The maximum Gasteiger partial charge on any atom is 0.209 e. The Morgan fingerprint density at radius 3 is 2.69 bits per heavy atom. The van der Waals surface area contributed by atoms with E-state index >= 15 is 0 Å². The van der Waals surface area contributed by atoms with E-state index in [1.807, 2.05) is 49.4 Å². The first-order valence-corrected chi connectivity index (χ1v) is 10.3. The van der Waals surface area contributed by atoms with E-state index in [0.717, 1.165) is 28.7 Å². The van der Waals surface area contributed by atoms with Crippen LogP contribution in [-0.4, -0.2) is 21.0 Å². The maximum atomic E-state index is 12.6. The predicted molar refractivity (Wildman–Crippen MR) is 130 cm³/mol. The number of benzene rings is 2. The van der Waals surface area contributed by atoms with Crippen LogP contribution in [0.2, 0.25) is 5.02 Å². The minimum atomic E-state index is -0.258. The fourth-order valence-electron chi connectivity index (χ4n) is 3.32. The van der Waals surface area contributed by atoms with Crippen LogP contribution in [0.15, 0.2) is 90.0 Å². The lowest BCUT2D eigenvalue weighted by atomic mass is 10.1. The molecule has 2 aromatic heterocycles. The van der Waals surface area contributed by atoms with Crippen molar-refractivity contribution in [2.24, 2.45) is 0 Å². The minimum Gasteiger partial charge on any atom is -0.354 e. The van der Waals surface area contributed by atoms with Gasteiger partial charge in [0.2, 0.25) is 5.43 Å². The average Bonchev–Trinajstić information content (AvgIpc) is 2.80. The predicted octanol–water partition coefficient (Wildman–Crippen LogP) is 5.36. The highest BCUT2D eigenvalue weighted by Crippen LogP contribution is 2.23. The third-order valence-electron chi connectivity index (χ3n) is 4.82. The van der Waals surface area contributed by atoms with Gasteiger partial charge in [-0.25, -0.2) is 4.68 Å². The number of nitrogens with zero attached hydrogens (tertiary/aromatic N) is 3. The average molecular weight is 442 g/mol. The Balaban J connectivity index is 1.72. The molecule has 0 unspecified atom stereocenters. The van der Waals surface area contributed by atoms with Gasteiger partial charge in [-0.3, -0.25) is 9.78 Å². The summed E-state index contributed by atoms with van der Waals surface area (Å²) in [6, 6.07) is 20.3. The highest BCUT2D eigenvalue weighted by Gasteiger charge is 2.12. The van der Waals surface area contributed by atoms with Crippen molar-refractivity contribution in [2.75, 3.05) is 5.32 Å². The standard InChI is InChI=1S/C25H20ClN5O/c1-17-15-18(21-7-2-3-13-28-21)8-9-23(17)31-14-11-24(32)25(30-31)22(10-12-27)29-20-6-4-5-19(26)16-20/h2-16,27,29H,1H3/b22-10-,27-12?. The monoisotopic (exact) mass is 441 g/mol. The molecule has 0 saturated heterocycles. The molecule has 2 heterocycles. The summed E-state index contributed by atoms with van der Waals surface area (Å²) < 4.78 is 1.66. The van der Waals surface area contributed by atoms with Crippen molar-refractivity contribution in [1.29, 1.82) is 5.41 Å². The molecule has 32 heavy (non-hydrogen) atoms. The van der Waals surface area contributed by atoms with E-state index in [1.54, 1.807) is 35.3 Å². The quantitative estimate of drug-likeness (QED) is 0.394. The molecule has 158 valence electrons. The molecular weight excluding hydrogens is 422 g/mol. The van der Waals surface area contributed by atoms with E-state index in [9.17, 15) is 4.79 Å². The molecule has 0 saturated carbocycles. The maximum absolute atomic E-state index is 12.6. The molecule has 0 atom stereocenters. The number of hydrogen-bond acceptors (Lipinski definition) is 5. The van der Waals surface area contributed by atoms with Gasteiger partial charge in [0.1, 0.15) is 0 Å². The summed E-state index contributed by atoms with van der Waals surface area (Å²) in [7, 11) is 0. The van der Waals surface area contributed by atoms with Gasteiger partial charge in [0, 0.05) is 40.9 Å². The van der Waals surface area contributed by atoms with Crippen molar-refractivity contribution in [2.45, 2.75) is 6.92 Å². The number of allylic oxidation sites excluding steroid dienone is 1. The van der Waals surface area contributed by atoms with Crippen LogP contribution >= 0.6 is 11.6 Å². The van der Waals surface area contributed by atoms with Crippen molar-refractivity contribution >= 4 is 29.2 Å². The molecule has 0 aliphatic rings. The first kappa shape index (κ1) is 21.2. The molecule has 0 aliphatic heterocycles. The molecule has 2 N–H and O–H groups in total. The smallest absolute Gasteiger partial charge is 0.209 e. The Hall–Kier alpha value is -4.03. The van der Waals surface area contributed by atoms with Gasteiger partial charge in [0.25, 0.3) is 0 Å². The van der Waals surface area contributed by atoms with Gasteiger partial charge in [-0.15, -0.1) is 0 Å². The molecule has 0 bridgehead atoms. The molecule has 2 aromatic carbocycles. The lowest BCUT2D eigenvalue weighted by Gasteiger charge is -2.14. The van der Waals surface area contributed by atoms with Crippen molar-refractivity contribution < 1.29 is 0 Å². The van der Waals surface area contributed by atoms with E-state index in [2.05, 4.69) is 15.4 Å². The van der Waals surface area contributed by atoms with Gasteiger partial charge in [0.15, 0.2) is 5.69 Å². The van der Waals surface area contributed by atoms with Crippen LogP contribution in [0.4, 0.5) is 5.69 Å². The van der Waals surface area contributed by atoms with E-state index < -0.39 is 0 Å². The first-order chi connectivity index (χ1) is 15.5. The molecule has 4 rings (SSSR count). The summed E-state index contributed by atoms with van der Waals surface area (Å²) in [5.41, 5.74) is 4.74. The van der Waals surface area contributed by atoms with Crippen molar-refractivity contribution in [3.63, 3.8) is 0 Å². The zero-order valence-corrected chi connectivity index (χ0v) is 18.0. The van der Waals surface area contributed by atoms with E-state index in [1.165, 1.54) is 12.1 Å². The molecule has 4 aromatic rings. The molecule has 7 heteroatoms. The van der Waals surface area contributed by atoms with Crippen molar-refractivity contribution in [1.82, 2.24) is 14.8 Å². The zero-order chi connectivity index (χ0) is 22.5. The van der Waals surface area contributed by atoms with Gasteiger partial charge in [-0.1, -0.05) is 29.8 Å². The molecule has 0 radical (unpaired) electrons. The first-order valence-electron chi connectivity index (χ1n) is 9.91. The number of pyridine rings is 1. The second-order valence-electron chi connectivity index (χ2n) is 7.07. The summed E-state index contributed by atoms with van der Waals surface area (Å²) in [6.45, 7) is 1.99. The summed E-state index contributed by atoms with van der Waals surface area (Å²) in [6.07, 6.45) is 6.00. The van der Waals surface area contributed by atoms with Crippen LogP contribution in [-0.2, 0) is 0 Å². The van der Waals surface area contributed by atoms with Crippen LogP contribution < -0.4 is 10.7 Å². The summed E-state index contributed by atoms with van der Waals surface area (Å²) in [5.74, 6) is 0. The Labute approximate surface area is 190 Å². The number of rotatable bonds is 6. The molecular formula is C25H20ClN5O. The molecule has 0 aliphatic carbocycles. The highest BCUT2D eigenvalue weighted by atomic mass is 35.5. The van der Waals surface area contributed by atoms with Crippen LogP contribution in [0, 0.1) is 12.3 Å². The Morgan fingerprint density at radius 1 is 1.09 bits per heavy atom. The van der Waals surface area contributed by atoms with Gasteiger partial charge in [-0.2, -0.15) is 5.10 Å². The van der Waals surface area contributed by atoms with Gasteiger partial charge in [-0.05, 0) is 61.0 Å². The number of halogens is 1. The summed E-state index contributed by atoms with van der Waals surface area (Å²) in [4.78, 5) is 17.0. The third kappa shape index (κ3) is 4.66. The van der Waals surface area contributed by atoms with E-state index in [4.69, 9.17) is 17.0 Å². The molecule has 0 spiro atoms. The number of nitrogens with one attached hydrogen (secondary N) is 2. The topological polar surface area (TPSA) is 83.7 Å². The number of anilines is 1. The van der Waals surface area contributed by atoms with Gasteiger partial charge < -0.3 is 10.7 Å². The molecule has 0 fully saturated rings. The van der Waals surface area contributed by atoms with Gasteiger partial charge >= 0.3 is 0 Å². The van der Waals surface area contributed by atoms with E-state index in [-0.39, 0.29) is 11.1 Å². The van der Waals surface area contributed by atoms with E-state index in [0.29, 0.717) is 16.4 Å². The fraction of sp³-hybridized carbons (Fsp3) is 0.0400. The molecule has 0 amide bonds. The van der Waals surface area contributed by atoms with Crippen LogP contribution in [0.3, 0.4) is 0 Å². The number of hydrogen-bond donors (Lipinski definition) is 2. The number of aryl methyl sites for hydroxylation is 1. The second kappa shape index (κ2) is 9.41. The van der Waals surface area contributed by atoms with Crippen molar-refractivity contribution in [3.8, 4) is 16.9 Å². The Bertz CT molecular complexity index is 1360. The lowest BCUT2D eigenvalue weighted by molar-refractivity contribution is 0.819. The second-order valence-corrected chi connectivity index (χ2v) is 7.51. The van der Waals surface area contributed by atoms with Crippen LogP contribution in [0.5, 0.6) is 0 Å². The summed E-state index contributed by atoms with van der Waals surface area (Å²) in [5, 5.41) is 15.8. The van der Waals surface area contributed by atoms with Crippen LogP contribution in [0.1, 0.15) is 11.3 Å². The number of aromatic nitrogens is 3. The SMILES string of the molecule is Cc1cc(-c2ccccn2)ccc1-n1ccc(=O)c(/C(=C/C=N)Nc2cccc(Cl)c2)n1.